The number of nitrogens with zero attached hydrogens (tertiary/aromatic N) is 3. The fourth-order valence-corrected chi connectivity index (χ4v) is 3.19. The van der Waals surface area contributed by atoms with Gasteiger partial charge in [0.2, 0.25) is 4.80 Å². The average Bonchev–Trinajstić information content (AvgIpc) is 3.18. The molecule has 0 aliphatic heterocycles. The molecule has 0 saturated carbocycles. The maximum absolute atomic E-state index is 6.13. The highest BCUT2D eigenvalue weighted by Crippen LogP contribution is 2.28. The molecule has 0 spiro atoms. The van der Waals surface area contributed by atoms with Crippen molar-refractivity contribution in [2.45, 2.75) is 6.92 Å². The zero-order valence-electron chi connectivity index (χ0n) is 12.2. The highest BCUT2D eigenvalue weighted by atomic mass is 35.5. The van der Waals surface area contributed by atoms with E-state index in [4.69, 9.17) is 27.6 Å². The fourth-order valence-electron chi connectivity index (χ4n) is 1.99. The molecule has 0 aliphatic carbocycles. The Hall–Kier alpha value is -1.82. The summed E-state index contributed by atoms with van der Waals surface area (Å²) in [5.41, 5.74) is 1.81. The first kappa shape index (κ1) is 16.1. The lowest BCUT2D eigenvalue weighted by atomic mass is 10.2. The molecule has 2 aromatic heterocycles. The molecule has 0 unspecified atom stereocenters. The quantitative estimate of drug-likeness (QED) is 0.605. The van der Waals surface area contributed by atoms with Crippen molar-refractivity contribution in [3.63, 3.8) is 0 Å². The van der Waals surface area contributed by atoms with Crippen LogP contribution in [0, 0.1) is 0 Å². The van der Waals surface area contributed by atoms with Crippen molar-refractivity contribution >= 4 is 40.8 Å². The normalized spacial score (nSPS) is 12.4. The Labute approximate surface area is 147 Å². The van der Waals surface area contributed by atoms with Gasteiger partial charge < -0.3 is 4.42 Å². The summed E-state index contributed by atoms with van der Waals surface area (Å²) < 4.78 is 7.06. The van der Waals surface area contributed by atoms with Crippen molar-refractivity contribution in [2.24, 2.45) is 10.1 Å². The largest absolute Gasteiger partial charge is 0.463 e. The van der Waals surface area contributed by atoms with Gasteiger partial charge in [0.05, 0.1) is 28.2 Å². The molecule has 0 atom stereocenters. The first-order valence-electron chi connectivity index (χ1n) is 6.93. The van der Waals surface area contributed by atoms with E-state index < -0.39 is 0 Å². The lowest BCUT2D eigenvalue weighted by molar-refractivity contribution is 0.559. The second-order valence-corrected chi connectivity index (χ2v) is 6.23. The molecule has 2 heterocycles. The summed E-state index contributed by atoms with van der Waals surface area (Å²) in [6.45, 7) is 2.66. The molecular formula is C16H13Cl2N3OS. The van der Waals surface area contributed by atoms with Crippen LogP contribution in [0.25, 0.3) is 11.3 Å². The van der Waals surface area contributed by atoms with E-state index in [1.807, 2.05) is 36.6 Å². The number of hydrogen-bond acceptors (Lipinski definition) is 4. The van der Waals surface area contributed by atoms with E-state index in [0.717, 1.165) is 16.1 Å². The van der Waals surface area contributed by atoms with E-state index in [9.17, 15) is 0 Å². The predicted octanol–water partition coefficient (Wildman–Crippen LogP) is 4.92. The Morgan fingerprint density at radius 2 is 2.13 bits per heavy atom. The monoisotopic (exact) mass is 365 g/mol. The van der Waals surface area contributed by atoms with Crippen LogP contribution < -0.4 is 4.80 Å². The van der Waals surface area contributed by atoms with Crippen molar-refractivity contribution in [1.82, 2.24) is 4.68 Å². The Morgan fingerprint density at radius 1 is 1.26 bits per heavy atom. The standard InChI is InChI=1S/C16H13Cl2N3OS/c1-2-19-16-21(20-9-12-4-3-7-22-12)15(10-23-16)11-5-6-13(17)14(18)8-11/h3-10H,2H2,1H3. The topological polar surface area (TPSA) is 42.8 Å². The number of aromatic nitrogens is 1. The van der Waals surface area contributed by atoms with Gasteiger partial charge in [-0.25, -0.2) is 4.68 Å². The van der Waals surface area contributed by atoms with Gasteiger partial charge >= 0.3 is 0 Å². The zero-order valence-corrected chi connectivity index (χ0v) is 14.6. The van der Waals surface area contributed by atoms with Gasteiger partial charge in [0, 0.05) is 17.5 Å². The van der Waals surface area contributed by atoms with Crippen molar-refractivity contribution in [2.75, 3.05) is 6.54 Å². The minimum absolute atomic E-state index is 0.505. The second kappa shape index (κ2) is 7.17. The molecule has 0 aliphatic rings. The minimum Gasteiger partial charge on any atom is -0.463 e. The molecule has 0 radical (unpaired) electrons. The maximum Gasteiger partial charge on any atom is 0.206 e. The number of furan rings is 1. The van der Waals surface area contributed by atoms with Crippen molar-refractivity contribution in [3.05, 3.63) is 62.6 Å². The molecule has 3 aromatic rings. The van der Waals surface area contributed by atoms with Gasteiger partial charge in [-0.15, -0.1) is 11.3 Å². The van der Waals surface area contributed by atoms with Gasteiger partial charge in [-0.3, -0.25) is 4.99 Å². The SMILES string of the molecule is CCN=c1scc(-c2ccc(Cl)c(Cl)c2)n1N=Cc1ccco1. The van der Waals surface area contributed by atoms with Crippen LogP contribution in [-0.2, 0) is 0 Å². The first-order valence-corrected chi connectivity index (χ1v) is 8.57. The molecule has 0 fully saturated rings. The lowest BCUT2D eigenvalue weighted by Gasteiger charge is -2.04. The van der Waals surface area contributed by atoms with E-state index in [1.54, 1.807) is 23.2 Å². The summed E-state index contributed by atoms with van der Waals surface area (Å²) in [6, 6.07) is 9.16. The van der Waals surface area contributed by atoms with Gasteiger partial charge in [-0.1, -0.05) is 29.3 Å². The van der Waals surface area contributed by atoms with E-state index in [2.05, 4.69) is 10.1 Å². The van der Waals surface area contributed by atoms with Crippen LogP contribution in [0.5, 0.6) is 0 Å². The van der Waals surface area contributed by atoms with E-state index >= 15 is 0 Å². The number of halogens is 2. The number of thiazole rings is 1. The third kappa shape index (κ3) is 3.58. The van der Waals surface area contributed by atoms with Gasteiger partial charge in [0.15, 0.2) is 0 Å². The summed E-state index contributed by atoms with van der Waals surface area (Å²) >= 11 is 13.6. The van der Waals surface area contributed by atoms with Crippen LogP contribution in [0.4, 0.5) is 0 Å². The lowest BCUT2D eigenvalue weighted by Crippen LogP contribution is -2.12. The zero-order chi connectivity index (χ0) is 16.2. The molecule has 23 heavy (non-hydrogen) atoms. The third-order valence-electron chi connectivity index (χ3n) is 3.04. The maximum atomic E-state index is 6.13. The molecule has 118 valence electrons. The minimum atomic E-state index is 0.505. The average molecular weight is 366 g/mol. The predicted molar refractivity (Wildman–Crippen MR) is 95.6 cm³/mol. The molecule has 0 N–H and O–H groups in total. The first-order chi connectivity index (χ1) is 11.2. The highest BCUT2D eigenvalue weighted by molar-refractivity contribution is 7.07. The van der Waals surface area contributed by atoms with Gasteiger partial charge in [0.25, 0.3) is 0 Å². The van der Waals surface area contributed by atoms with Crippen LogP contribution in [-0.4, -0.2) is 17.4 Å². The van der Waals surface area contributed by atoms with E-state index in [1.165, 1.54) is 11.3 Å². The van der Waals surface area contributed by atoms with Crippen molar-refractivity contribution < 1.29 is 4.42 Å². The number of benzene rings is 1. The van der Waals surface area contributed by atoms with E-state index in [-0.39, 0.29) is 0 Å². The summed E-state index contributed by atoms with van der Waals surface area (Å²) in [7, 11) is 0. The smallest absolute Gasteiger partial charge is 0.206 e. The molecule has 0 bridgehead atoms. The van der Waals surface area contributed by atoms with Gasteiger partial charge in [-0.05, 0) is 31.2 Å². The molecule has 4 nitrogen and oxygen atoms in total. The number of hydrogen-bond donors (Lipinski definition) is 0. The summed E-state index contributed by atoms with van der Waals surface area (Å²) in [5.74, 6) is 0.672. The fraction of sp³-hybridized carbons (Fsp3) is 0.125. The van der Waals surface area contributed by atoms with Crippen LogP contribution in [0.1, 0.15) is 12.7 Å². The Balaban J connectivity index is 2.10. The van der Waals surface area contributed by atoms with Crippen LogP contribution >= 0.6 is 34.5 Å². The number of rotatable bonds is 4. The van der Waals surface area contributed by atoms with Crippen LogP contribution in [0.2, 0.25) is 10.0 Å². The Morgan fingerprint density at radius 3 is 2.83 bits per heavy atom. The summed E-state index contributed by atoms with van der Waals surface area (Å²) in [6.07, 6.45) is 3.26. The summed E-state index contributed by atoms with van der Waals surface area (Å²) in [4.78, 5) is 5.27. The van der Waals surface area contributed by atoms with Crippen molar-refractivity contribution in [1.29, 1.82) is 0 Å². The summed E-state index contributed by atoms with van der Waals surface area (Å²) in [5, 5.41) is 7.52. The van der Waals surface area contributed by atoms with Crippen LogP contribution in [0.3, 0.4) is 0 Å². The Kier molecular flexibility index (Phi) is 5.00. The molecule has 0 saturated heterocycles. The van der Waals surface area contributed by atoms with Crippen LogP contribution in [0.15, 0.2) is 56.5 Å². The van der Waals surface area contributed by atoms with Gasteiger partial charge in [-0.2, -0.15) is 5.10 Å². The van der Waals surface area contributed by atoms with Crippen molar-refractivity contribution in [3.8, 4) is 11.3 Å². The second-order valence-electron chi connectivity index (χ2n) is 4.58. The third-order valence-corrected chi connectivity index (χ3v) is 4.63. The molecule has 3 rings (SSSR count). The molecule has 7 heteroatoms. The van der Waals surface area contributed by atoms with E-state index in [0.29, 0.717) is 22.4 Å². The Bertz CT molecular complexity index is 894. The van der Waals surface area contributed by atoms with Gasteiger partial charge in [0.1, 0.15) is 5.76 Å². The molecule has 1 aromatic carbocycles. The molecular weight excluding hydrogens is 353 g/mol. The molecule has 0 amide bonds. The highest BCUT2D eigenvalue weighted by Gasteiger charge is 2.09.